The predicted molar refractivity (Wildman–Crippen MR) is 78.7 cm³/mol. The maximum Gasteiger partial charge on any atom is 0.126 e. The standard InChI is InChI=1S/C15H25N3O/c1-3-15(16-19)13(2)17-11-7-14(8-12-17)18-9-5-4-6-10-18/h3,14H,1,4-12H2,2H3/b15-13-. The van der Waals surface area contributed by atoms with E-state index in [0.717, 1.165) is 24.8 Å². The number of hydrogen-bond donors (Lipinski definition) is 0. The van der Waals surface area contributed by atoms with Gasteiger partial charge in [0.25, 0.3) is 0 Å². The average molecular weight is 263 g/mol. The van der Waals surface area contributed by atoms with E-state index in [0.29, 0.717) is 5.70 Å². The van der Waals surface area contributed by atoms with Crippen molar-refractivity contribution in [2.24, 2.45) is 5.18 Å². The summed E-state index contributed by atoms with van der Waals surface area (Å²) in [5.74, 6) is 0. The first-order valence-corrected chi connectivity index (χ1v) is 7.42. The van der Waals surface area contributed by atoms with Crippen molar-refractivity contribution in [3.63, 3.8) is 0 Å². The van der Waals surface area contributed by atoms with Gasteiger partial charge >= 0.3 is 0 Å². The Labute approximate surface area is 116 Å². The normalized spacial score (nSPS) is 23.9. The number of rotatable bonds is 4. The molecule has 0 aromatic rings. The van der Waals surface area contributed by atoms with E-state index < -0.39 is 0 Å². The first kappa shape index (κ1) is 14.3. The van der Waals surface area contributed by atoms with Gasteiger partial charge in [0.15, 0.2) is 0 Å². The molecule has 0 aromatic carbocycles. The Morgan fingerprint density at radius 3 is 2.32 bits per heavy atom. The second-order valence-electron chi connectivity index (χ2n) is 5.58. The topological polar surface area (TPSA) is 35.9 Å². The van der Waals surface area contributed by atoms with Crippen LogP contribution < -0.4 is 0 Å². The molecule has 0 saturated carbocycles. The summed E-state index contributed by atoms with van der Waals surface area (Å²) in [6, 6.07) is 0.737. The van der Waals surface area contributed by atoms with E-state index in [1.165, 1.54) is 45.2 Å². The first-order valence-electron chi connectivity index (χ1n) is 7.42. The van der Waals surface area contributed by atoms with Crippen LogP contribution in [0.3, 0.4) is 0 Å². The van der Waals surface area contributed by atoms with Crippen LogP contribution in [0.1, 0.15) is 39.0 Å². The van der Waals surface area contributed by atoms with E-state index in [1.807, 2.05) is 6.92 Å². The van der Waals surface area contributed by atoms with Crippen molar-refractivity contribution in [1.29, 1.82) is 0 Å². The highest BCUT2D eigenvalue weighted by atomic mass is 16.3. The zero-order valence-electron chi connectivity index (χ0n) is 12.0. The molecule has 0 bridgehead atoms. The van der Waals surface area contributed by atoms with Crippen LogP contribution in [0.15, 0.2) is 29.2 Å². The van der Waals surface area contributed by atoms with Crippen LogP contribution in [0.25, 0.3) is 0 Å². The summed E-state index contributed by atoms with van der Waals surface area (Å²) >= 11 is 0. The lowest BCUT2D eigenvalue weighted by Crippen LogP contribution is -2.46. The Kier molecular flexibility index (Phi) is 5.14. The van der Waals surface area contributed by atoms with E-state index in [4.69, 9.17) is 0 Å². The minimum atomic E-state index is 0.483. The SMILES string of the molecule is C=C/C(N=O)=C(\C)N1CCC(N2CCCCC2)CC1. The Hall–Kier alpha value is -1.16. The first-order chi connectivity index (χ1) is 9.26. The summed E-state index contributed by atoms with van der Waals surface area (Å²) < 4.78 is 0. The van der Waals surface area contributed by atoms with Gasteiger partial charge in [0.2, 0.25) is 0 Å². The number of nitroso groups, excluding NO2 is 1. The Morgan fingerprint density at radius 1 is 1.16 bits per heavy atom. The molecule has 2 aliphatic heterocycles. The monoisotopic (exact) mass is 263 g/mol. The van der Waals surface area contributed by atoms with Crippen molar-refractivity contribution in [3.05, 3.63) is 29.0 Å². The molecule has 0 N–H and O–H groups in total. The molecule has 0 atom stereocenters. The van der Waals surface area contributed by atoms with Crippen molar-refractivity contribution in [2.45, 2.75) is 45.1 Å². The molecular formula is C15H25N3O. The van der Waals surface area contributed by atoms with Crippen LogP contribution in [0, 0.1) is 4.91 Å². The van der Waals surface area contributed by atoms with Crippen molar-refractivity contribution in [3.8, 4) is 0 Å². The third-order valence-corrected chi connectivity index (χ3v) is 4.51. The highest BCUT2D eigenvalue weighted by molar-refractivity contribution is 5.21. The highest BCUT2D eigenvalue weighted by Gasteiger charge is 2.26. The second kappa shape index (κ2) is 6.85. The van der Waals surface area contributed by atoms with E-state index >= 15 is 0 Å². The molecule has 0 amide bonds. The van der Waals surface area contributed by atoms with Crippen molar-refractivity contribution >= 4 is 0 Å². The minimum Gasteiger partial charge on any atom is -0.373 e. The van der Waals surface area contributed by atoms with Crippen molar-refractivity contribution in [1.82, 2.24) is 9.80 Å². The fourth-order valence-corrected chi connectivity index (χ4v) is 3.26. The summed E-state index contributed by atoms with van der Waals surface area (Å²) in [4.78, 5) is 15.7. The third kappa shape index (κ3) is 3.44. The molecule has 0 radical (unpaired) electrons. The fourth-order valence-electron chi connectivity index (χ4n) is 3.26. The largest absolute Gasteiger partial charge is 0.373 e. The van der Waals surface area contributed by atoms with Gasteiger partial charge in [0.1, 0.15) is 5.70 Å². The predicted octanol–water partition coefficient (Wildman–Crippen LogP) is 3.12. The van der Waals surface area contributed by atoms with E-state index in [-0.39, 0.29) is 0 Å². The molecule has 2 heterocycles. The second-order valence-corrected chi connectivity index (χ2v) is 5.58. The van der Waals surface area contributed by atoms with Gasteiger partial charge in [0.05, 0.1) is 0 Å². The Morgan fingerprint density at radius 2 is 1.79 bits per heavy atom. The number of nitrogens with zero attached hydrogens (tertiary/aromatic N) is 3. The fraction of sp³-hybridized carbons (Fsp3) is 0.733. The van der Waals surface area contributed by atoms with Crippen LogP contribution in [0.2, 0.25) is 0 Å². The van der Waals surface area contributed by atoms with Crippen LogP contribution >= 0.6 is 0 Å². The van der Waals surface area contributed by atoms with Gasteiger partial charge in [0, 0.05) is 24.8 Å². The lowest BCUT2D eigenvalue weighted by molar-refractivity contribution is 0.105. The molecule has 0 aromatic heterocycles. The quantitative estimate of drug-likeness (QED) is 0.577. The maximum atomic E-state index is 10.7. The molecule has 106 valence electrons. The molecule has 19 heavy (non-hydrogen) atoms. The third-order valence-electron chi connectivity index (χ3n) is 4.51. The molecule has 2 aliphatic rings. The zero-order chi connectivity index (χ0) is 13.7. The van der Waals surface area contributed by atoms with Gasteiger partial charge in [-0.1, -0.05) is 13.0 Å². The molecule has 4 heteroatoms. The van der Waals surface area contributed by atoms with Crippen molar-refractivity contribution in [2.75, 3.05) is 26.2 Å². The number of hydrogen-bond acceptors (Lipinski definition) is 4. The Balaban J connectivity index is 1.89. The van der Waals surface area contributed by atoms with Gasteiger partial charge in [-0.25, -0.2) is 0 Å². The summed E-state index contributed by atoms with van der Waals surface area (Å²) in [6.07, 6.45) is 8.05. The molecule has 0 aliphatic carbocycles. The summed E-state index contributed by atoms with van der Waals surface area (Å²) in [7, 11) is 0. The van der Waals surface area contributed by atoms with Gasteiger partial charge in [-0.2, -0.15) is 0 Å². The van der Waals surface area contributed by atoms with Crippen LogP contribution in [-0.4, -0.2) is 42.0 Å². The minimum absolute atomic E-state index is 0.483. The van der Waals surface area contributed by atoms with Gasteiger partial charge < -0.3 is 9.80 Å². The van der Waals surface area contributed by atoms with Crippen molar-refractivity contribution < 1.29 is 0 Å². The Bertz CT molecular complexity index is 340. The maximum absolute atomic E-state index is 10.7. The lowest BCUT2D eigenvalue weighted by atomic mass is 9.99. The number of likely N-dealkylation sites (tertiary alicyclic amines) is 2. The number of piperidine rings is 2. The molecular weight excluding hydrogens is 238 g/mol. The van der Waals surface area contributed by atoms with Gasteiger partial charge in [-0.05, 0) is 56.9 Å². The lowest BCUT2D eigenvalue weighted by Gasteiger charge is -2.41. The van der Waals surface area contributed by atoms with Gasteiger partial charge in [-0.15, -0.1) is 4.91 Å². The van der Waals surface area contributed by atoms with Crippen LogP contribution in [0.5, 0.6) is 0 Å². The van der Waals surface area contributed by atoms with E-state index in [1.54, 1.807) is 6.08 Å². The smallest absolute Gasteiger partial charge is 0.126 e. The molecule has 0 unspecified atom stereocenters. The summed E-state index contributed by atoms with van der Waals surface area (Å²) in [6.45, 7) is 10.2. The van der Waals surface area contributed by atoms with E-state index in [9.17, 15) is 4.91 Å². The molecule has 0 spiro atoms. The summed E-state index contributed by atoms with van der Waals surface area (Å²) in [5.41, 5.74) is 1.46. The summed E-state index contributed by atoms with van der Waals surface area (Å²) in [5, 5.41) is 3.05. The van der Waals surface area contributed by atoms with Crippen LogP contribution in [0.4, 0.5) is 0 Å². The molecule has 2 saturated heterocycles. The number of allylic oxidation sites excluding steroid dienone is 2. The van der Waals surface area contributed by atoms with Gasteiger partial charge in [-0.3, -0.25) is 0 Å². The van der Waals surface area contributed by atoms with E-state index in [2.05, 4.69) is 21.6 Å². The zero-order valence-corrected chi connectivity index (χ0v) is 12.0. The molecule has 2 fully saturated rings. The molecule has 2 rings (SSSR count). The molecule has 4 nitrogen and oxygen atoms in total. The van der Waals surface area contributed by atoms with Crippen LogP contribution in [-0.2, 0) is 0 Å². The highest BCUT2D eigenvalue weighted by Crippen LogP contribution is 2.24. The average Bonchev–Trinajstić information content (AvgIpc) is 2.49.